The molecule has 2 rings (SSSR count). The molecule has 1 saturated carbocycles. The van der Waals surface area contributed by atoms with Crippen molar-refractivity contribution in [1.82, 2.24) is 15.5 Å². The minimum absolute atomic E-state index is 0.0353. The second-order valence-electron chi connectivity index (χ2n) is 6.72. The average Bonchev–Trinajstić information content (AvgIpc) is 2.50. The van der Waals surface area contributed by atoms with Gasteiger partial charge in [-0.05, 0) is 38.9 Å². The van der Waals surface area contributed by atoms with Crippen LogP contribution in [-0.4, -0.2) is 54.9 Å². The van der Waals surface area contributed by atoms with Crippen LogP contribution in [0.3, 0.4) is 0 Å². The molecule has 0 aromatic heterocycles. The maximum absolute atomic E-state index is 12.3. The van der Waals surface area contributed by atoms with Crippen LogP contribution in [0, 0.1) is 0 Å². The maximum atomic E-state index is 12.3. The summed E-state index contributed by atoms with van der Waals surface area (Å²) in [6.07, 6.45) is 4.10. The molecule has 2 amide bonds. The lowest BCUT2D eigenvalue weighted by Crippen LogP contribution is -2.53. The number of urea groups is 1. The molecular weight excluding hydrogens is 290 g/mol. The minimum Gasteiger partial charge on any atom is -0.391 e. The Labute approximate surface area is 139 Å². The molecule has 23 heavy (non-hydrogen) atoms. The lowest BCUT2D eigenvalue weighted by molar-refractivity contribution is 0.0939. The summed E-state index contributed by atoms with van der Waals surface area (Å²) in [5.74, 6) is 0. The van der Waals surface area contributed by atoms with Crippen LogP contribution in [0.15, 0.2) is 30.3 Å². The minimum atomic E-state index is -0.420. The van der Waals surface area contributed by atoms with Crippen LogP contribution in [0.25, 0.3) is 0 Å². The van der Waals surface area contributed by atoms with Crippen molar-refractivity contribution in [2.45, 2.75) is 50.3 Å². The van der Waals surface area contributed by atoms with E-state index in [0.29, 0.717) is 0 Å². The van der Waals surface area contributed by atoms with Crippen LogP contribution in [0.4, 0.5) is 4.79 Å². The number of likely N-dealkylation sites (N-methyl/N-ethyl adjacent to an activating group) is 1. The van der Waals surface area contributed by atoms with Gasteiger partial charge in [0.15, 0.2) is 0 Å². The fraction of sp³-hybridized carbons (Fsp3) is 0.611. The predicted molar refractivity (Wildman–Crippen MR) is 92.4 cm³/mol. The van der Waals surface area contributed by atoms with E-state index < -0.39 is 6.10 Å². The highest BCUT2D eigenvalue weighted by Gasteiger charge is 2.25. The standard InChI is InChI=1S/C18H29N3O2/c1-21(2)13-15(12-14-8-4-3-5-9-14)19-18(23)20-16-10-6-7-11-17(16)22/h3-5,8-9,15-17,22H,6-7,10-13H2,1-2H3,(H2,19,20,23). The van der Waals surface area contributed by atoms with Gasteiger partial charge in [0, 0.05) is 12.6 Å². The SMILES string of the molecule is CN(C)CC(Cc1ccccc1)NC(=O)NC1CCCCC1O. The van der Waals surface area contributed by atoms with Gasteiger partial charge < -0.3 is 20.6 Å². The van der Waals surface area contributed by atoms with Crippen molar-refractivity contribution in [1.29, 1.82) is 0 Å². The molecule has 1 aliphatic carbocycles. The monoisotopic (exact) mass is 319 g/mol. The number of rotatable bonds is 6. The molecule has 1 aromatic rings. The van der Waals surface area contributed by atoms with Gasteiger partial charge in [-0.25, -0.2) is 4.79 Å². The molecule has 128 valence electrons. The van der Waals surface area contributed by atoms with Gasteiger partial charge in [0.2, 0.25) is 0 Å². The topological polar surface area (TPSA) is 64.6 Å². The lowest BCUT2D eigenvalue weighted by atomic mass is 9.93. The zero-order valence-corrected chi connectivity index (χ0v) is 14.2. The molecule has 3 atom stereocenters. The Balaban J connectivity index is 1.89. The number of carbonyl (C=O) groups excluding carboxylic acids is 1. The van der Waals surface area contributed by atoms with Gasteiger partial charge in [0.1, 0.15) is 0 Å². The normalized spacial score (nSPS) is 22.6. The largest absolute Gasteiger partial charge is 0.391 e. The summed E-state index contributed by atoms with van der Waals surface area (Å²) < 4.78 is 0. The van der Waals surface area contributed by atoms with Crippen molar-refractivity contribution in [3.63, 3.8) is 0 Å². The third kappa shape index (κ3) is 6.20. The number of nitrogens with zero attached hydrogens (tertiary/aromatic N) is 1. The first kappa shape index (κ1) is 17.8. The van der Waals surface area contributed by atoms with Crippen LogP contribution in [0.1, 0.15) is 31.2 Å². The van der Waals surface area contributed by atoms with E-state index in [4.69, 9.17) is 0 Å². The van der Waals surface area contributed by atoms with Crippen molar-refractivity contribution in [3.8, 4) is 0 Å². The molecule has 0 radical (unpaired) electrons. The first-order chi connectivity index (χ1) is 11.0. The van der Waals surface area contributed by atoms with Crippen LogP contribution >= 0.6 is 0 Å². The molecule has 0 saturated heterocycles. The number of aliphatic hydroxyl groups is 1. The molecule has 1 fully saturated rings. The van der Waals surface area contributed by atoms with Crippen LogP contribution in [0.5, 0.6) is 0 Å². The quantitative estimate of drug-likeness (QED) is 0.749. The third-order valence-corrected chi connectivity index (χ3v) is 4.29. The number of nitrogens with one attached hydrogen (secondary N) is 2. The molecule has 3 N–H and O–H groups in total. The first-order valence-electron chi connectivity index (χ1n) is 8.48. The van der Waals surface area contributed by atoms with Gasteiger partial charge in [-0.3, -0.25) is 0 Å². The Morgan fingerprint density at radius 2 is 1.96 bits per heavy atom. The van der Waals surface area contributed by atoms with Gasteiger partial charge in [0.05, 0.1) is 12.1 Å². The summed E-state index contributed by atoms with van der Waals surface area (Å²) in [4.78, 5) is 14.4. The lowest BCUT2D eigenvalue weighted by Gasteiger charge is -2.30. The van der Waals surface area contributed by atoms with Crippen molar-refractivity contribution in [3.05, 3.63) is 35.9 Å². The fourth-order valence-electron chi connectivity index (χ4n) is 3.18. The number of hydrogen-bond donors (Lipinski definition) is 3. The zero-order chi connectivity index (χ0) is 16.7. The molecule has 5 heteroatoms. The molecule has 0 heterocycles. The van der Waals surface area contributed by atoms with Crippen molar-refractivity contribution >= 4 is 6.03 Å². The Bertz CT molecular complexity index is 478. The highest BCUT2D eigenvalue weighted by molar-refractivity contribution is 5.74. The Kier molecular flexibility index (Phi) is 6.86. The summed E-state index contributed by atoms with van der Waals surface area (Å²) in [5, 5.41) is 16.0. The van der Waals surface area contributed by atoms with Gasteiger partial charge in [-0.15, -0.1) is 0 Å². The first-order valence-corrected chi connectivity index (χ1v) is 8.48. The number of carbonyl (C=O) groups is 1. The average molecular weight is 319 g/mol. The zero-order valence-electron chi connectivity index (χ0n) is 14.2. The maximum Gasteiger partial charge on any atom is 0.315 e. The van der Waals surface area contributed by atoms with Crippen LogP contribution < -0.4 is 10.6 Å². The van der Waals surface area contributed by atoms with Crippen molar-refractivity contribution < 1.29 is 9.90 Å². The summed E-state index contributed by atoms with van der Waals surface area (Å²) in [5.41, 5.74) is 1.21. The Morgan fingerprint density at radius 1 is 1.26 bits per heavy atom. The second kappa shape index (κ2) is 8.89. The number of amides is 2. The summed E-state index contributed by atoms with van der Waals surface area (Å²) in [6.45, 7) is 0.773. The van der Waals surface area contributed by atoms with Crippen LogP contribution in [0.2, 0.25) is 0 Å². The van der Waals surface area contributed by atoms with Crippen molar-refractivity contribution in [2.24, 2.45) is 0 Å². The van der Waals surface area contributed by atoms with E-state index in [2.05, 4.69) is 27.7 Å². The molecule has 1 aliphatic rings. The van der Waals surface area contributed by atoms with Gasteiger partial charge in [-0.2, -0.15) is 0 Å². The molecule has 0 spiro atoms. The number of hydrogen-bond acceptors (Lipinski definition) is 3. The summed E-state index contributed by atoms with van der Waals surface area (Å²) in [6, 6.07) is 9.91. The van der Waals surface area contributed by atoms with Gasteiger partial charge in [0.25, 0.3) is 0 Å². The van der Waals surface area contributed by atoms with Crippen molar-refractivity contribution in [2.75, 3.05) is 20.6 Å². The van der Waals surface area contributed by atoms with Gasteiger partial charge in [-0.1, -0.05) is 43.2 Å². The molecule has 1 aromatic carbocycles. The Morgan fingerprint density at radius 3 is 2.61 bits per heavy atom. The van der Waals surface area contributed by atoms with E-state index in [0.717, 1.165) is 38.6 Å². The number of benzene rings is 1. The molecule has 5 nitrogen and oxygen atoms in total. The van der Waals surface area contributed by atoms with E-state index in [-0.39, 0.29) is 18.1 Å². The van der Waals surface area contributed by atoms with E-state index >= 15 is 0 Å². The Hall–Kier alpha value is -1.59. The molecule has 0 aliphatic heterocycles. The van der Waals surface area contributed by atoms with E-state index in [1.807, 2.05) is 32.3 Å². The molecule has 3 unspecified atom stereocenters. The summed E-state index contributed by atoms with van der Waals surface area (Å²) in [7, 11) is 4.00. The fourth-order valence-corrected chi connectivity index (χ4v) is 3.18. The van der Waals surface area contributed by atoms with Gasteiger partial charge >= 0.3 is 6.03 Å². The molecule has 0 bridgehead atoms. The molecular formula is C18H29N3O2. The van der Waals surface area contributed by atoms with E-state index in [1.54, 1.807) is 0 Å². The van der Waals surface area contributed by atoms with Crippen LogP contribution in [-0.2, 0) is 6.42 Å². The number of aliphatic hydroxyl groups excluding tert-OH is 1. The smallest absolute Gasteiger partial charge is 0.315 e. The predicted octanol–water partition coefficient (Wildman–Crippen LogP) is 1.76. The highest BCUT2D eigenvalue weighted by atomic mass is 16.3. The second-order valence-corrected chi connectivity index (χ2v) is 6.72. The van der Waals surface area contributed by atoms with E-state index in [1.165, 1.54) is 5.56 Å². The third-order valence-electron chi connectivity index (χ3n) is 4.29. The summed E-state index contributed by atoms with van der Waals surface area (Å²) >= 11 is 0. The van der Waals surface area contributed by atoms with E-state index in [9.17, 15) is 9.90 Å². The highest BCUT2D eigenvalue weighted by Crippen LogP contribution is 2.18.